The molecule has 1 heteroatoms. The Kier molecular flexibility index (Phi) is 4.12. The SMILES string of the molecule is CCC=CC=[C]([Co])C1=CC=CC1. The zero-order valence-electron chi connectivity index (χ0n) is 7.21. The molecule has 1 aliphatic rings. The van der Waals surface area contributed by atoms with Gasteiger partial charge in [0.15, 0.2) is 0 Å². The van der Waals surface area contributed by atoms with E-state index < -0.39 is 0 Å². The monoisotopic (exact) mass is 204 g/mol. The quantitative estimate of drug-likeness (QED) is 0.619. The molecule has 0 unspecified atom stereocenters. The Balaban J connectivity index is 2.52. The molecule has 0 saturated heterocycles. The van der Waals surface area contributed by atoms with Crippen LogP contribution in [0.4, 0.5) is 0 Å². The fraction of sp³-hybridized carbons (Fsp3) is 0.273. The molecule has 0 aromatic heterocycles. The van der Waals surface area contributed by atoms with E-state index in [1.807, 2.05) is 6.08 Å². The first-order chi connectivity index (χ1) is 5.84. The molecule has 0 bridgehead atoms. The second-order valence-electron chi connectivity index (χ2n) is 2.65. The average molecular weight is 204 g/mol. The Morgan fingerprint density at radius 2 is 2.50 bits per heavy atom. The van der Waals surface area contributed by atoms with Gasteiger partial charge in [-0.2, -0.15) is 0 Å². The van der Waals surface area contributed by atoms with E-state index in [0.717, 1.165) is 17.3 Å². The normalized spacial score (nSPS) is 17.6. The van der Waals surface area contributed by atoms with Gasteiger partial charge in [0.1, 0.15) is 0 Å². The van der Waals surface area contributed by atoms with Crippen LogP contribution in [0, 0.1) is 0 Å². The number of allylic oxidation sites excluding steroid dienone is 8. The maximum atomic E-state index is 4.45. The molecule has 12 heavy (non-hydrogen) atoms. The van der Waals surface area contributed by atoms with Gasteiger partial charge in [-0.25, -0.2) is 0 Å². The summed E-state index contributed by atoms with van der Waals surface area (Å²) in [6, 6.07) is 0. The zero-order chi connectivity index (χ0) is 8.81. The van der Waals surface area contributed by atoms with E-state index in [0.29, 0.717) is 0 Å². The molecule has 1 aliphatic carbocycles. The van der Waals surface area contributed by atoms with E-state index in [4.69, 9.17) is 0 Å². The first-order valence-corrected chi connectivity index (χ1v) is 4.73. The van der Waals surface area contributed by atoms with Crippen LogP contribution in [0.15, 0.2) is 46.5 Å². The molecule has 0 fully saturated rings. The number of hydrogen-bond donors (Lipinski definition) is 0. The van der Waals surface area contributed by atoms with Gasteiger partial charge in [-0.3, -0.25) is 0 Å². The molecule has 0 aliphatic heterocycles. The molecule has 0 saturated carbocycles. The molecule has 0 aromatic carbocycles. The summed E-state index contributed by atoms with van der Waals surface area (Å²) in [7, 11) is 0. The number of hydrogen-bond acceptors (Lipinski definition) is 0. The zero-order valence-corrected chi connectivity index (χ0v) is 8.25. The summed E-state index contributed by atoms with van der Waals surface area (Å²) in [6.45, 7) is 2.12. The van der Waals surface area contributed by atoms with Gasteiger partial charge in [0.05, 0.1) is 0 Å². The van der Waals surface area contributed by atoms with Crippen LogP contribution in [0.1, 0.15) is 19.8 Å². The second-order valence-corrected chi connectivity index (χ2v) is 3.21. The van der Waals surface area contributed by atoms with Gasteiger partial charge in [-0.15, -0.1) is 0 Å². The van der Waals surface area contributed by atoms with Gasteiger partial charge in [-0.05, 0) is 0 Å². The molecule has 66 valence electrons. The van der Waals surface area contributed by atoms with E-state index in [1.165, 1.54) is 5.57 Å². The van der Waals surface area contributed by atoms with E-state index in [1.54, 1.807) is 0 Å². The van der Waals surface area contributed by atoms with Gasteiger partial charge in [0.2, 0.25) is 0 Å². The molecule has 0 atom stereocenters. The van der Waals surface area contributed by atoms with Crippen LogP contribution in [0.2, 0.25) is 0 Å². The molecule has 1 rings (SSSR count). The van der Waals surface area contributed by atoms with Crippen molar-refractivity contribution in [3.63, 3.8) is 0 Å². The van der Waals surface area contributed by atoms with Crippen molar-refractivity contribution < 1.29 is 15.7 Å². The molecule has 0 spiro atoms. The minimum atomic E-state index is 1.02. The summed E-state index contributed by atoms with van der Waals surface area (Å²) in [5, 5.41) is 0. The van der Waals surface area contributed by atoms with Crippen LogP contribution in [0.5, 0.6) is 0 Å². The Hall–Kier alpha value is -0.534. The van der Waals surface area contributed by atoms with Gasteiger partial charge in [0, 0.05) is 0 Å². The van der Waals surface area contributed by atoms with Gasteiger partial charge >= 0.3 is 82.0 Å². The van der Waals surface area contributed by atoms with Gasteiger partial charge in [-0.1, -0.05) is 0 Å². The topological polar surface area (TPSA) is 0 Å². The summed E-state index contributed by atoms with van der Waals surface area (Å²) in [6.07, 6.45) is 14.6. The molecular formula is C11H13Co. The third-order valence-electron chi connectivity index (χ3n) is 1.67. The average Bonchev–Trinajstić information content (AvgIpc) is 2.56. The fourth-order valence-electron chi connectivity index (χ4n) is 1.01. The Morgan fingerprint density at radius 3 is 3.08 bits per heavy atom. The van der Waals surface area contributed by atoms with E-state index >= 15 is 0 Å². The van der Waals surface area contributed by atoms with Crippen molar-refractivity contribution in [2.75, 3.05) is 0 Å². The van der Waals surface area contributed by atoms with Crippen LogP contribution < -0.4 is 0 Å². The van der Waals surface area contributed by atoms with Crippen molar-refractivity contribution in [3.05, 3.63) is 46.5 Å². The standard InChI is InChI=1S/C11H13.Co/c1-2-3-4-5-8-11-9-6-7-10-11;/h3-7,9H,2,10H2,1H3;. The summed E-state index contributed by atoms with van der Waals surface area (Å²) in [5.41, 5.74) is 1.30. The van der Waals surface area contributed by atoms with Crippen LogP contribution in [-0.4, -0.2) is 0 Å². The third kappa shape index (κ3) is 2.84. The molecular weight excluding hydrogens is 191 g/mol. The van der Waals surface area contributed by atoms with Crippen molar-refractivity contribution in [1.29, 1.82) is 0 Å². The van der Waals surface area contributed by atoms with Crippen LogP contribution in [0.25, 0.3) is 0 Å². The van der Waals surface area contributed by atoms with Gasteiger partial charge < -0.3 is 0 Å². The minimum absolute atomic E-state index is 1.02. The number of rotatable bonds is 3. The maximum absolute atomic E-state index is 4.45. The summed E-state index contributed by atoms with van der Waals surface area (Å²) in [4.78, 5) is 0. The van der Waals surface area contributed by atoms with Crippen LogP contribution >= 0.6 is 0 Å². The molecule has 0 aromatic rings. The van der Waals surface area contributed by atoms with E-state index in [9.17, 15) is 0 Å². The first-order valence-electron chi connectivity index (χ1n) is 4.20. The van der Waals surface area contributed by atoms with E-state index in [2.05, 4.69) is 53.0 Å². The summed E-state index contributed by atoms with van der Waals surface area (Å²) < 4.78 is 1.07. The van der Waals surface area contributed by atoms with Gasteiger partial charge in [0.25, 0.3) is 0 Å². The summed E-state index contributed by atoms with van der Waals surface area (Å²) >= 11 is 4.45. The van der Waals surface area contributed by atoms with Crippen molar-refractivity contribution in [2.45, 2.75) is 19.8 Å². The predicted molar refractivity (Wildman–Crippen MR) is 49.4 cm³/mol. The van der Waals surface area contributed by atoms with E-state index in [-0.39, 0.29) is 0 Å². The third-order valence-corrected chi connectivity index (χ3v) is 2.18. The molecule has 0 N–H and O–H groups in total. The molecule has 0 heterocycles. The van der Waals surface area contributed by atoms with Crippen LogP contribution in [-0.2, 0) is 15.7 Å². The molecule has 0 radical (unpaired) electrons. The fourth-order valence-corrected chi connectivity index (χ4v) is 1.30. The van der Waals surface area contributed by atoms with Crippen molar-refractivity contribution in [2.24, 2.45) is 0 Å². The molecule has 0 nitrogen and oxygen atoms in total. The Labute approximate surface area is 82.3 Å². The Morgan fingerprint density at radius 1 is 1.67 bits per heavy atom. The predicted octanol–water partition coefficient (Wildman–Crippen LogP) is 3.27. The first kappa shape index (κ1) is 9.55. The second kappa shape index (κ2) is 5.17. The molecule has 0 amide bonds. The Bertz CT molecular complexity index is 254. The summed E-state index contributed by atoms with van der Waals surface area (Å²) in [5.74, 6) is 0. The van der Waals surface area contributed by atoms with Crippen molar-refractivity contribution >= 4 is 0 Å². The van der Waals surface area contributed by atoms with Crippen LogP contribution in [0.3, 0.4) is 0 Å². The van der Waals surface area contributed by atoms with Crippen molar-refractivity contribution in [3.8, 4) is 0 Å². The van der Waals surface area contributed by atoms with Crippen molar-refractivity contribution in [1.82, 2.24) is 0 Å².